The van der Waals surface area contributed by atoms with Crippen molar-refractivity contribution in [3.63, 3.8) is 0 Å². The molecule has 3 aliphatic carbocycles. The summed E-state index contributed by atoms with van der Waals surface area (Å²) in [5.74, 6) is -9.43. The normalized spacial score (nSPS) is 27.4. The van der Waals surface area contributed by atoms with Crippen molar-refractivity contribution in [1.82, 2.24) is 0 Å². The summed E-state index contributed by atoms with van der Waals surface area (Å²) in [4.78, 5) is 50.1. The van der Waals surface area contributed by atoms with Crippen molar-refractivity contribution in [2.75, 3.05) is 67.1 Å². The first kappa shape index (κ1) is 27.7. The number of fused-ring (bicyclic) bond motifs is 2. The van der Waals surface area contributed by atoms with Gasteiger partial charge in [-0.25, -0.2) is 0 Å². The van der Waals surface area contributed by atoms with Gasteiger partial charge in [-0.15, -0.1) is 0 Å². The van der Waals surface area contributed by atoms with Crippen LogP contribution in [-0.4, -0.2) is 101 Å². The second kappa shape index (κ2) is 13.4. The van der Waals surface area contributed by atoms with Crippen LogP contribution in [0.5, 0.6) is 0 Å². The molecule has 34 heavy (non-hydrogen) atoms. The van der Waals surface area contributed by atoms with E-state index in [4.69, 9.17) is 28.4 Å². The van der Waals surface area contributed by atoms with Gasteiger partial charge in [0.2, 0.25) is 0 Å². The predicted octanol–water partition coefficient (Wildman–Crippen LogP) is -0.00730. The molecule has 12 nitrogen and oxygen atoms in total. The lowest BCUT2D eigenvalue weighted by molar-refractivity contribution is -0.190. The van der Waals surface area contributed by atoms with Gasteiger partial charge in [-0.05, 0) is 12.3 Å². The van der Waals surface area contributed by atoms with E-state index >= 15 is 0 Å². The van der Waals surface area contributed by atoms with E-state index in [9.17, 15) is 29.4 Å². The summed E-state index contributed by atoms with van der Waals surface area (Å²) >= 11 is 0. The van der Waals surface area contributed by atoms with Crippen molar-refractivity contribution in [3.05, 3.63) is 12.2 Å². The van der Waals surface area contributed by atoms with E-state index in [1.807, 2.05) is 0 Å². The quantitative estimate of drug-likeness (QED) is 0.129. The summed E-state index contributed by atoms with van der Waals surface area (Å²) < 4.78 is 30.5. The Bertz CT molecular complexity index is 750. The molecule has 0 aromatic carbocycles. The molecule has 1 saturated carbocycles. The molecule has 0 radical (unpaired) electrons. The van der Waals surface area contributed by atoms with Crippen LogP contribution in [0.3, 0.4) is 0 Å². The molecule has 192 valence electrons. The van der Waals surface area contributed by atoms with E-state index in [1.165, 1.54) is 20.3 Å². The molecule has 3 aliphatic rings. The summed E-state index contributed by atoms with van der Waals surface area (Å²) in [7, 11) is 3.02. The zero-order valence-corrected chi connectivity index (χ0v) is 19.3. The Hall–Kier alpha value is -2.54. The molecule has 0 spiro atoms. The Labute approximate surface area is 197 Å². The van der Waals surface area contributed by atoms with Gasteiger partial charge in [-0.1, -0.05) is 12.2 Å². The topological polar surface area (TPSA) is 164 Å². The summed E-state index contributed by atoms with van der Waals surface area (Å²) in [6.45, 7) is 1.13. The number of rotatable bonds is 16. The third-order valence-electron chi connectivity index (χ3n) is 6.03. The number of carbonyl (C=O) groups is 4. The average molecular weight is 488 g/mol. The number of hydrogen-bond donors (Lipinski definition) is 2. The average Bonchev–Trinajstić information content (AvgIpc) is 2.82. The van der Waals surface area contributed by atoms with Gasteiger partial charge >= 0.3 is 23.9 Å². The fourth-order valence-corrected chi connectivity index (χ4v) is 4.44. The molecule has 0 amide bonds. The molecule has 12 heteroatoms. The number of carboxylic acid groups (broad SMARTS) is 2. The first-order chi connectivity index (χ1) is 16.3. The Balaban J connectivity index is 2.09. The molecular formula is C22H32O12. The second-order valence-electron chi connectivity index (χ2n) is 7.96. The summed E-state index contributed by atoms with van der Waals surface area (Å²) in [5.41, 5.74) is -2.13. The summed E-state index contributed by atoms with van der Waals surface area (Å²) in [5, 5.41) is 19.9. The number of aliphatic carboxylic acids is 2. The van der Waals surface area contributed by atoms with E-state index < -0.39 is 53.0 Å². The maximum atomic E-state index is 12.9. The Morgan fingerprint density at radius 1 is 0.794 bits per heavy atom. The number of hydrogen-bond acceptors (Lipinski definition) is 10. The third kappa shape index (κ3) is 6.32. The van der Waals surface area contributed by atoms with Crippen LogP contribution in [0, 0.1) is 29.1 Å². The first-order valence-electron chi connectivity index (χ1n) is 10.9. The lowest BCUT2D eigenvalue weighted by Gasteiger charge is -2.49. The predicted molar refractivity (Wildman–Crippen MR) is 113 cm³/mol. The van der Waals surface area contributed by atoms with Gasteiger partial charge in [0.25, 0.3) is 0 Å². The van der Waals surface area contributed by atoms with E-state index in [2.05, 4.69) is 0 Å². The zero-order valence-electron chi connectivity index (χ0n) is 19.3. The van der Waals surface area contributed by atoms with Crippen molar-refractivity contribution in [2.45, 2.75) is 6.42 Å². The van der Waals surface area contributed by atoms with Crippen molar-refractivity contribution in [3.8, 4) is 0 Å². The minimum absolute atomic E-state index is 0.0263. The molecule has 0 heterocycles. The molecule has 5 unspecified atom stereocenters. The molecule has 0 saturated heterocycles. The van der Waals surface area contributed by atoms with Gasteiger partial charge in [-0.2, -0.15) is 0 Å². The second-order valence-corrected chi connectivity index (χ2v) is 7.96. The SMILES string of the molecule is COCCOCCOC(=O)C1C2C=CC(C1C(=O)O)C(C(=O)O)(C(=O)OCCOCCOC)C2. The van der Waals surface area contributed by atoms with Crippen LogP contribution in [0.1, 0.15) is 6.42 Å². The minimum Gasteiger partial charge on any atom is -0.481 e. The van der Waals surface area contributed by atoms with Crippen LogP contribution in [-0.2, 0) is 47.6 Å². The van der Waals surface area contributed by atoms with Crippen molar-refractivity contribution >= 4 is 23.9 Å². The first-order valence-corrected chi connectivity index (χ1v) is 10.9. The summed E-state index contributed by atoms with van der Waals surface area (Å²) in [6.07, 6.45) is 2.68. The van der Waals surface area contributed by atoms with E-state index in [-0.39, 0.29) is 39.5 Å². The van der Waals surface area contributed by atoms with Crippen LogP contribution < -0.4 is 0 Å². The molecule has 0 aliphatic heterocycles. The lowest BCUT2D eigenvalue weighted by Crippen LogP contribution is -2.60. The maximum Gasteiger partial charge on any atom is 0.324 e. The number of esters is 2. The van der Waals surface area contributed by atoms with Crippen molar-refractivity contribution in [1.29, 1.82) is 0 Å². The lowest BCUT2D eigenvalue weighted by atomic mass is 9.51. The highest BCUT2D eigenvalue weighted by atomic mass is 16.6. The molecule has 2 bridgehead atoms. The van der Waals surface area contributed by atoms with Gasteiger partial charge in [0, 0.05) is 20.1 Å². The number of allylic oxidation sites excluding steroid dienone is 2. The highest BCUT2D eigenvalue weighted by Crippen LogP contribution is 2.55. The van der Waals surface area contributed by atoms with Gasteiger partial charge in [0.1, 0.15) is 13.2 Å². The number of methoxy groups -OCH3 is 2. The van der Waals surface area contributed by atoms with Crippen LogP contribution in [0.15, 0.2) is 12.2 Å². The molecule has 3 rings (SSSR count). The Morgan fingerprint density at radius 3 is 1.88 bits per heavy atom. The molecule has 0 aromatic heterocycles. The molecule has 1 fully saturated rings. The monoisotopic (exact) mass is 488 g/mol. The fraction of sp³-hybridized carbons (Fsp3) is 0.727. The molecule has 5 atom stereocenters. The number of carbonyl (C=O) groups excluding carboxylic acids is 2. The molecule has 0 aromatic rings. The Kier molecular flexibility index (Phi) is 10.9. The van der Waals surface area contributed by atoms with Crippen molar-refractivity contribution < 1.29 is 57.8 Å². The van der Waals surface area contributed by atoms with Gasteiger partial charge in [-0.3, -0.25) is 19.2 Å². The van der Waals surface area contributed by atoms with Crippen LogP contribution in [0.2, 0.25) is 0 Å². The van der Waals surface area contributed by atoms with E-state index in [0.29, 0.717) is 19.8 Å². The third-order valence-corrected chi connectivity index (χ3v) is 6.03. The van der Waals surface area contributed by atoms with Crippen LogP contribution >= 0.6 is 0 Å². The van der Waals surface area contributed by atoms with E-state index in [1.54, 1.807) is 6.08 Å². The number of ether oxygens (including phenoxy) is 6. The van der Waals surface area contributed by atoms with Crippen molar-refractivity contribution in [2.24, 2.45) is 29.1 Å². The van der Waals surface area contributed by atoms with Gasteiger partial charge < -0.3 is 38.6 Å². The highest BCUT2D eigenvalue weighted by molar-refractivity contribution is 6.01. The molecular weight excluding hydrogens is 456 g/mol. The van der Waals surface area contributed by atoms with E-state index in [0.717, 1.165) is 0 Å². The fourth-order valence-electron chi connectivity index (χ4n) is 4.44. The summed E-state index contributed by atoms with van der Waals surface area (Å²) in [6, 6.07) is 0. The zero-order chi connectivity index (χ0) is 25.1. The Morgan fingerprint density at radius 2 is 1.35 bits per heavy atom. The van der Waals surface area contributed by atoms with Gasteiger partial charge in [0.05, 0.1) is 51.5 Å². The van der Waals surface area contributed by atoms with Gasteiger partial charge in [0.15, 0.2) is 5.41 Å². The van der Waals surface area contributed by atoms with Crippen LogP contribution in [0.4, 0.5) is 0 Å². The number of carboxylic acids is 2. The minimum atomic E-state index is -2.13. The standard InChI is InChI=1S/C22H32O12/c1-29-5-7-31-9-11-33-19(25)16-14-3-4-15(17(16)18(23)24)22(13-14,20(26)27)21(28)34-12-10-32-8-6-30-2/h3-4,14-17H,5-13H2,1-2H3,(H,23,24)(H,26,27). The van der Waals surface area contributed by atoms with Crippen LogP contribution in [0.25, 0.3) is 0 Å². The highest BCUT2D eigenvalue weighted by Gasteiger charge is 2.66. The smallest absolute Gasteiger partial charge is 0.324 e. The molecule has 2 N–H and O–H groups in total. The largest absolute Gasteiger partial charge is 0.481 e. The maximum absolute atomic E-state index is 12.9.